The molecule has 0 unspecified atom stereocenters. The first kappa shape index (κ1) is 45.2. The Labute approximate surface area is 190 Å². The van der Waals surface area contributed by atoms with Crippen LogP contribution in [0.5, 0.6) is 0 Å². The molecule has 0 saturated carbocycles. The van der Waals surface area contributed by atoms with Crippen LogP contribution >= 0.6 is 0 Å². The van der Waals surface area contributed by atoms with Gasteiger partial charge in [-0.2, -0.15) is 0 Å². The summed E-state index contributed by atoms with van der Waals surface area (Å²) in [5.41, 5.74) is 0. The van der Waals surface area contributed by atoms with Crippen LogP contribution in [-0.4, -0.2) is 87.0 Å². The quantitative estimate of drug-likeness (QED) is 0.361. The van der Waals surface area contributed by atoms with Gasteiger partial charge in [0.15, 0.2) is 0 Å². The van der Waals surface area contributed by atoms with E-state index >= 15 is 0 Å². The van der Waals surface area contributed by atoms with Gasteiger partial charge in [-0.25, -0.2) is 0 Å². The first-order chi connectivity index (χ1) is 9.57. The minimum atomic E-state index is 0. The topological polar surface area (TPSA) is 0 Å². The van der Waals surface area contributed by atoms with E-state index in [2.05, 4.69) is 105 Å². The molecule has 12 radical (unpaired) electrons. The van der Waals surface area contributed by atoms with Gasteiger partial charge in [-0.3, -0.25) is 0 Å². The second-order valence-electron chi connectivity index (χ2n) is 8.00. The van der Waals surface area contributed by atoms with E-state index < -0.39 is 0 Å². The van der Waals surface area contributed by atoms with Gasteiger partial charge in [0.2, 0.25) is 0 Å². The van der Waals surface area contributed by atoms with Crippen LogP contribution in [-0.2, 0) is 0 Å². The average Bonchev–Trinajstić information content (AvgIpc) is 2.12. The van der Waals surface area contributed by atoms with Gasteiger partial charge < -0.3 is 0 Å². The molecule has 146 valence electrons. The predicted molar refractivity (Wildman–Crippen MR) is 143 cm³/mol. The van der Waals surface area contributed by atoms with Crippen LogP contribution in [0.15, 0.2) is 0 Å². The van der Waals surface area contributed by atoms with Crippen LogP contribution in [0.2, 0.25) is 105 Å². The number of hydrogen-bond donors (Lipinski definition) is 0. The van der Waals surface area contributed by atoms with Gasteiger partial charge in [-0.15, -0.1) is 0 Å². The first-order valence-electron chi connectivity index (χ1n) is 8.25. The fourth-order valence-electron chi connectivity index (χ4n) is 0. The molecule has 0 aromatic carbocycles. The normalized spacial score (nSPS) is 8.75. The third-order valence-electron chi connectivity index (χ3n) is 1.00. The van der Waals surface area contributed by atoms with E-state index in [1.807, 2.05) is 0 Å². The molecule has 0 aliphatic carbocycles. The van der Waals surface area contributed by atoms with E-state index in [0.29, 0.717) is 0 Å². The van der Waals surface area contributed by atoms with E-state index in [4.69, 9.17) is 0 Å². The monoisotopic (exact) mass is 558 g/mol. The van der Waals surface area contributed by atoms with E-state index in [1.165, 1.54) is 0 Å². The van der Waals surface area contributed by atoms with Gasteiger partial charge in [-0.05, 0) is 0 Å². The minimum absolute atomic E-state index is 0. The molecule has 0 spiro atoms. The Morgan fingerprint density at radius 2 is 0.292 bits per heavy atom. The molecule has 24 heavy (non-hydrogen) atoms. The maximum absolute atomic E-state index is 2.39. The van der Waals surface area contributed by atoms with Gasteiger partial charge in [0.05, 0.1) is 0 Å². The van der Waals surface area contributed by atoms with E-state index in [9.17, 15) is 0 Å². The molecular weight excluding hydrogens is 506 g/mol. The molecule has 8 heteroatoms. The SMILES string of the molecule is C[Si](C)C.C[Si](C)C.C[Si](C)C.C[Si](C)C.C[Si](C)[Si](C)C.[GeH].[GeH]. The first-order valence-corrected chi connectivity index (χ1v) is 26.2. The van der Waals surface area contributed by atoms with Gasteiger partial charge in [0.25, 0.3) is 0 Å². The summed E-state index contributed by atoms with van der Waals surface area (Å²) in [5, 5.41) is 0. The van der Waals surface area contributed by atoms with Crippen molar-refractivity contribution in [2.24, 2.45) is 0 Å². The summed E-state index contributed by atoms with van der Waals surface area (Å²) in [7, 11) is 0.782. The number of hydrogen-bond acceptors (Lipinski definition) is 0. The van der Waals surface area contributed by atoms with Crippen LogP contribution in [0.4, 0.5) is 0 Å². The molecule has 0 fully saturated rings. The molecule has 0 heterocycles. The summed E-state index contributed by atoms with van der Waals surface area (Å²) in [6.45, 7) is 36.8. The summed E-state index contributed by atoms with van der Waals surface area (Å²) < 4.78 is 0. The molecule has 0 aromatic heterocycles. The Morgan fingerprint density at radius 1 is 0.250 bits per heavy atom. The average molecular weight is 556 g/mol. The maximum atomic E-state index is 2.39. The van der Waals surface area contributed by atoms with Crippen molar-refractivity contribution in [2.75, 3.05) is 0 Å². The van der Waals surface area contributed by atoms with Crippen LogP contribution in [0.1, 0.15) is 0 Å². The van der Waals surface area contributed by atoms with Crippen LogP contribution < -0.4 is 0 Å². The van der Waals surface area contributed by atoms with Crippen LogP contribution in [0.3, 0.4) is 0 Å². The molecule has 0 saturated heterocycles. The summed E-state index contributed by atoms with van der Waals surface area (Å²) in [6.07, 6.45) is 0. The third-order valence-corrected chi connectivity index (χ3v) is 9.00. The molecule has 0 aliphatic rings. The van der Waals surface area contributed by atoms with Gasteiger partial charge >= 0.3 is 35.2 Å². The molecule has 0 nitrogen and oxygen atoms in total. The molecule has 0 bridgehead atoms. The van der Waals surface area contributed by atoms with Crippen molar-refractivity contribution < 1.29 is 0 Å². The Morgan fingerprint density at radius 3 is 0.292 bits per heavy atom. The Balaban J connectivity index is -0.0000000298. The Bertz CT molecular complexity index is 126. The summed E-state index contributed by atoms with van der Waals surface area (Å²) in [6, 6.07) is 0. The van der Waals surface area contributed by atoms with Crippen LogP contribution in [0, 0.1) is 0 Å². The number of rotatable bonds is 1. The van der Waals surface area contributed by atoms with E-state index in [0.717, 1.165) is 0 Å². The van der Waals surface area contributed by atoms with E-state index in [-0.39, 0.29) is 87.0 Å². The second-order valence-corrected chi connectivity index (χ2v) is 30.0. The summed E-state index contributed by atoms with van der Waals surface area (Å²) in [5.74, 6) is 0. The molecular formula is C16H50Ge2Si6. The van der Waals surface area contributed by atoms with Gasteiger partial charge in [0, 0.05) is 51.8 Å². The molecule has 0 N–H and O–H groups in total. The molecule has 0 amide bonds. The van der Waals surface area contributed by atoms with Crippen molar-refractivity contribution >= 4 is 87.0 Å². The summed E-state index contributed by atoms with van der Waals surface area (Å²) >= 11 is 0. The Hall–Kier alpha value is 2.39. The van der Waals surface area contributed by atoms with E-state index in [1.54, 1.807) is 0 Å². The van der Waals surface area contributed by atoms with Crippen molar-refractivity contribution in [2.45, 2.75) is 105 Å². The molecule has 0 aliphatic heterocycles. The molecule has 0 atom stereocenters. The zero-order valence-corrected chi connectivity index (χ0v) is 31.0. The molecule has 0 aromatic rings. The van der Waals surface area contributed by atoms with Crippen molar-refractivity contribution in [3.63, 3.8) is 0 Å². The zero-order valence-electron chi connectivity index (χ0n) is 20.2. The van der Waals surface area contributed by atoms with Crippen molar-refractivity contribution in [1.82, 2.24) is 0 Å². The Kier molecular flexibility index (Phi) is 68.5. The van der Waals surface area contributed by atoms with Gasteiger partial charge in [0.1, 0.15) is 0 Å². The standard InChI is InChI=1S/C4H12Si2.4C3H9Si.2GeH/c1-5(2)6(3)4;4*1-4(2)3;;/h1-4H3;4*1-3H3;2*1H. The second kappa shape index (κ2) is 36.3. The van der Waals surface area contributed by atoms with Crippen molar-refractivity contribution in [3.05, 3.63) is 0 Å². The van der Waals surface area contributed by atoms with Gasteiger partial charge in [-0.1, -0.05) is 105 Å². The summed E-state index contributed by atoms with van der Waals surface area (Å²) in [4.78, 5) is 0. The fraction of sp³-hybridized carbons (Fsp3) is 1.00. The van der Waals surface area contributed by atoms with Crippen LogP contribution in [0.25, 0.3) is 0 Å². The zero-order chi connectivity index (χ0) is 19.5. The fourth-order valence-corrected chi connectivity index (χ4v) is 0. The van der Waals surface area contributed by atoms with Crippen molar-refractivity contribution in [1.29, 1.82) is 0 Å². The molecule has 0 rings (SSSR count). The third kappa shape index (κ3) is 327. The predicted octanol–water partition coefficient (Wildman–Crippen LogP) is 5.76. The van der Waals surface area contributed by atoms with Crippen molar-refractivity contribution in [3.8, 4) is 0 Å².